The van der Waals surface area contributed by atoms with E-state index >= 15 is 0 Å². The molecular weight excluding hydrogens is 250 g/mol. The molecule has 0 saturated heterocycles. The lowest BCUT2D eigenvalue weighted by atomic mass is 10.2. The van der Waals surface area contributed by atoms with Crippen LogP contribution in [-0.2, 0) is 0 Å². The number of hydrogen-bond acceptors (Lipinski definition) is 7. The van der Waals surface area contributed by atoms with Crippen LogP contribution in [0.2, 0.25) is 0 Å². The summed E-state index contributed by atoms with van der Waals surface area (Å²) < 4.78 is 0. The van der Waals surface area contributed by atoms with Crippen molar-refractivity contribution in [2.45, 2.75) is 25.7 Å². The Morgan fingerprint density at radius 2 is 2.05 bits per heavy atom. The molecule has 8 heteroatoms. The Labute approximate surface area is 111 Å². The highest BCUT2D eigenvalue weighted by Crippen LogP contribution is 2.23. The van der Waals surface area contributed by atoms with Crippen molar-refractivity contribution in [2.24, 2.45) is 5.84 Å². The summed E-state index contributed by atoms with van der Waals surface area (Å²) in [6.45, 7) is 0.790. The van der Waals surface area contributed by atoms with Gasteiger partial charge >= 0.3 is 5.69 Å². The highest BCUT2D eigenvalue weighted by Gasteiger charge is 2.15. The first-order chi connectivity index (χ1) is 9.19. The molecule has 1 rings (SSSR count). The molecule has 0 fully saturated rings. The standard InChI is InChI=1S/C11H19N5O3/c12-15-10-6-5-9(16(18)19)11(14-10)13-7-3-1-2-4-8-17/h5-6,17H,1-4,7-8,12H2,(H2,13,14,15). The SMILES string of the molecule is NNc1ccc([N+](=O)[O-])c(NCCCCCCO)n1. The normalized spacial score (nSPS) is 10.2. The minimum Gasteiger partial charge on any atom is -0.396 e. The van der Waals surface area contributed by atoms with Crippen molar-refractivity contribution >= 4 is 17.3 Å². The summed E-state index contributed by atoms with van der Waals surface area (Å²) in [6.07, 6.45) is 3.54. The molecule has 0 amide bonds. The molecule has 0 spiro atoms. The lowest BCUT2D eigenvalue weighted by molar-refractivity contribution is -0.384. The van der Waals surface area contributed by atoms with Crippen LogP contribution in [0, 0.1) is 10.1 Å². The monoisotopic (exact) mass is 269 g/mol. The molecule has 0 unspecified atom stereocenters. The lowest BCUT2D eigenvalue weighted by Gasteiger charge is -2.07. The van der Waals surface area contributed by atoms with Gasteiger partial charge in [0.25, 0.3) is 0 Å². The fourth-order valence-corrected chi connectivity index (χ4v) is 1.61. The summed E-state index contributed by atoms with van der Waals surface area (Å²) in [6, 6.07) is 2.81. The molecule has 0 aromatic carbocycles. The third-order valence-corrected chi connectivity index (χ3v) is 2.60. The summed E-state index contributed by atoms with van der Waals surface area (Å²) in [5, 5.41) is 22.4. The summed E-state index contributed by atoms with van der Waals surface area (Å²) in [4.78, 5) is 14.4. The number of hydrazine groups is 1. The van der Waals surface area contributed by atoms with Crippen molar-refractivity contribution in [3.8, 4) is 0 Å². The zero-order chi connectivity index (χ0) is 14.1. The fourth-order valence-electron chi connectivity index (χ4n) is 1.61. The molecule has 1 aromatic heterocycles. The number of aliphatic hydroxyl groups excluding tert-OH is 1. The number of aromatic nitrogens is 1. The van der Waals surface area contributed by atoms with Crippen LogP contribution < -0.4 is 16.6 Å². The second-order valence-corrected chi connectivity index (χ2v) is 4.03. The Morgan fingerprint density at radius 3 is 2.68 bits per heavy atom. The molecule has 5 N–H and O–H groups in total. The molecule has 0 aliphatic heterocycles. The van der Waals surface area contributed by atoms with Gasteiger partial charge in [-0.15, -0.1) is 0 Å². The van der Waals surface area contributed by atoms with Crippen LogP contribution in [0.5, 0.6) is 0 Å². The fraction of sp³-hybridized carbons (Fsp3) is 0.545. The minimum absolute atomic E-state index is 0.0747. The smallest absolute Gasteiger partial charge is 0.311 e. The van der Waals surface area contributed by atoms with Gasteiger partial charge in [0, 0.05) is 19.2 Å². The first kappa shape index (κ1) is 15.1. The molecule has 1 aromatic rings. The number of aliphatic hydroxyl groups is 1. The number of nitrogen functional groups attached to an aromatic ring is 1. The van der Waals surface area contributed by atoms with E-state index in [2.05, 4.69) is 15.7 Å². The average Bonchev–Trinajstić information content (AvgIpc) is 2.42. The van der Waals surface area contributed by atoms with Crippen LogP contribution in [0.1, 0.15) is 25.7 Å². The van der Waals surface area contributed by atoms with E-state index in [1.54, 1.807) is 0 Å². The molecule has 0 atom stereocenters. The predicted octanol–water partition coefficient (Wildman–Crippen LogP) is 1.24. The number of anilines is 2. The Morgan fingerprint density at radius 1 is 1.32 bits per heavy atom. The Kier molecular flexibility index (Phi) is 6.55. The highest BCUT2D eigenvalue weighted by atomic mass is 16.6. The second-order valence-electron chi connectivity index (χ2n) is 4.03. The first-order valence-electron chi connectivity index (χ1n) is 6.16. The van der Waals surface area contributed by atoms with Gasteiger partial charge in [0.2, 0.25) is 5.82 Å². The van der Waals surface area contributed by atoms with Crippen LogP contribution in [0.15, 0.2) is 12.1 Å². The van der Waals surface area contributed by atoms with Crippen LogP contribution in [0.3, 0.4) is 0 Å². The second kappa shape index (κ2) is 8.22. The maximum Gasteiger partial charge on any atom is 0.311 e. The van der Waals surface area contributed by atoms with Gasteiger partial charge in [-0.25, -0.2) is 10.8 Å². The number of hydrogen-bond donors (Lipinski definition) is 4. The Balaban J connectivity index is 2.52. The van der Waals surface area contributed by atoms with Crippen LogP contribution >= 0.6 is 0 Å². The van der Waals surface area contributed by atoms with Gasteiger partial charge in [-0.2, -0.15) is 0 Å². The van der Waals surface area contributed by atoms with Crippen molar-refractivity contribution in [3.05, 3.63) is 22.2 Å². The van der Waals surface area contributed by atoms with E-state index in [9.17, 15) is 10.1 Å². The molecule has 8 nitrogen and oxygen atoms in total. The Hall–Kier alpha value is -1.93. The summed E-state index contributed by atoms with van der Waals surface area (Å²) in [5.74, 6) is 5.80. The maximum atomic E-state index is 10.8. The minimum atomic E-state index is -0.485. The van der Waals surface area contributed by atoms with Crippen molar-refractivity contribution in [1.82, 2.24) is 4.98 Å². The van der Waals surface area contributed by atoms with E-state index in [4.69, 9.17) is 10.9 Å². The number of rotatable bonds is 9. The van der Waals surface area contributed by atoms with Crippen LogP contribution in [-0.4, -0.2) is 28.2 Å². The van der Waals surface area contributed by atoms with E-state index in [1.807, 2.05) is 0 Å². The maximum absolute atomic E-state index is 10.8. The molecule has 0 radical (unpaired) electrons. The Bertz CT molecular complexity index is 413. The number of nitro groups is 1. The number of pyridine rings is 1. The molecule has 0 aliphatic rings. The van der Waals surface area contributed by atoms with Gasteiger partial charge in [0.05, 0.1) is 4.92 Å². The van der Waals surface area contributed by atoms with Gasteiger partial charge in [0.15, 0.2) is 0 Å². The summed E-state index contributed by atoms with van der Waals surface area (Å²) in [5.41, 5.74) is 2.28. The number of nitrogens with one attached hydrogen (secondary N) is 2. The van der Waals surface area contributed by atoms with Crippen molar-refractivity contribution in [2.75, 3.05) is 23.9 Å². The zero-order valence-corrected chi connectivity index (χ0v) is 10.6. The van der Waals surface area contributed by atoms with Gasteiger partial charge in [-0.3, -0.25) is 10.1 Å². The van der Waals surface area contributed by atoms with Crippen molar-refractivity contribution in [3.63, 3.8) is 0 Å². The molecule has 106 valence electrons. The molecule has 19 heavy (non-hydrogen) atoms. The average molecular weight is 269 g/mol. The largest absolute Gasteiger partial charge is 0.396 e. The summed E-state index contributed by atoms with van der Waals surface area (Å²) >= 11 is 0. The van der Waals surface area contributed by atoms with E-state index < -0.39 is 4.92 Å². The number of nitrogens with two attached hydrogens (primary N) is 1. The molecule has 1 heterocycles. The van der Waals surface area contributed by atoms with E-state index in [0.717, 1.165) is 25.7 Å². The first-order valence-corrected chi connectivity index (χ1v) is 6.16. The van der Waals surface area contributed by atoms with Crippen molar-refractivity contribution in [1.29, 1.82) is 0 Å². The van der Waals surface area contributed by atoms with Gasteiger partial charge < -0.3 is 15.8 Å². The number of nitrogens with zero attached hydrogens (tertiary/aromatic N) is 2. The van der Waals surface area contributed by atoms with Gasteiger partial charge in [0.1, 0.15) is 5.82 Å². The topological polar surface area (TPSA) is 126 Å². The molecule has 0 aliphatic carbocycles. The van der Waals surface area contributed by atoms with Gasteiger partial charge in [-0.05, 0) is 18.9 Å². The lowest BCUT2D eigenvalue weighted by Crippen LogP contribution is -2.12. The highest BCUT2D eigenvalue weighted by molar-refractivity contribution is 5.59. The van der Waals surface area contributed by atoms with Crippen LogP contribution in [0.4, 0.5) is 17.3 Å². The van der Waals surface area contributed by atoms with E-state index in [1.165, 1.54) is 12.1 Å². The number of unbranched alkanes of at least 4 members (excludes halogenated alkanes) is 3. The van der Waals surface area contributed by atoms with Crippen LogP contribution in [0.25, 0.3) is 0 Å². The summed E-state index contributed by atoms with van der Waals surface area (Å²) in [7, 11) is 0. The van der Waals surface area contributed by atoms with Gasteiger partial charge in [-0.1, -0.05) is 12.8 Å². The molecule has 0 bridgehead atoms. The van der Waals surface area contributed by atoms with E-state index in [0.29, 0.717) is 12.4 Å². The molecular formula is C11H19N5O3. The zero-order valence-electron chi connectivity index (χ0n) is 10.6. The third kappa shape index (κ3) is 5.06. The van der Waals surface area contributed by atoms with Crippen molar-refractivity contribution < 1.29 is 10.0 Å². The predicted molar refractivity (Wildman–Crippen MR) is 72.7 cm³/mol. The molecule has 0 saturated carbocycles. The van der Waals surface area contributed by atoms with E-state index in [-0.39, 0.29) is 18.1 Å². The third-order valence-electron chi connectivity index (χ3n) is 2.60. The quantitative estimate of drug-likeness (QED) is 0.230.